The second kappa shape index (κ2) is 6.85. The number of carbonyl (C=O) groups excluding carboxylic acids is 2. The van der Waals surface area contributed by atoms with E-state index in [0.29, 0.717) is 28.8 Å². The molecule has 0 bridgehead atoms. The van der Waals surface area contributed by atoms with Crippen LogP contribution >= 0.6 is 0 Å². The Morgan fingerprint density at radius 3 is 2.66 bits per heavy atom. The van der Waals surface area contributed by atoms with Crippen LogP contribution in [0, 0.1) is 12.8 Å². The first-order valence-electron chi connectivity index (χ1n) is 11.7. The number of Topliss-reactive ketones (excluding diaryl/α,β-unsaturated/α-hetero) is 1. The molecule has 1 unspecified atom stereocenters. The number of ether oxygens (including phenoxy) is 1. The number of carbonyl (C=O) groups is 2. The first-order chi connectivity index (χ1) is 16.6. The number of aromatic nitrogens is 2. The number of aromatic amines is 1. The van der Waals surface area contributed by atoms with E-state index in [1.165, 1.54) is 24.5 Å². The van der Waals surface area contributed by atoms with Gasteiger partial charge in [-0.3, -0.25) is 14.2 Å². The quantitative estimate of drug-likeness (QED) is 0.428. The first-order valence-corrected chi connectivity index (χ1v) is 11.7. The SMILES string of the molecule is Cc1c(C(=O)N[C@@]23C(=O)c4c(N)cccc4[C@]2(O)Oc2cc(C(C)C4CC4)ccc23)[nH]c(=O)n1C. The summed E-state index contributed by atoms with van der Waals surface area (Å²) >= 11 is 0. The van der Waals surface area contributed by atoms with Crippen LogP contribution < -0.4 is 21.5 Å². The molecule has 180 valence electrons. The summed E-state index contributed by atoms with van der Waals surface area (Å²) in [5, 5.41) is 14.8. The van der Waals surface area contributed by atoms with Gasteiger partial charge in [-0.2, -0.15) is 0 Å². The van der Waals surface area contributed by atoms with Gasteiger partial charge in [0, 0.05) is 29.6 Å². The van der Waals surface area contributed by atoms with Gasteiger partial charge in [0.2, 0.25) is 11.3 Å². The van der Waals surface area contributed by atoms with E-state index < -0.39 is 28.7 Å². The summed E-state index contributed by atoms with van der Waals surface area (Å²) in [4.78, 5) is 42.2. The van der Waals surface area contributed by atoms with Crippen molar-refractivity contribution in [2.45, 2.75) is 43.9 Å². The van der Waals surface area contributed by atoms with E-state index in [1.54, 1.807) is 31.2 Å². The Balaban J connectivity index is 1.54. The molecule has 2 aromatic carbocycles. The maximum Gasteiger partial charge on any atom is 0.326 e. The van der Waals surface area contributed by atoms with Gasteiger partial charge < -0.3 is 25.9 Å². The lowest BCUT2D eigenvalue weighted by Crippen LogP contribution is -2.60. The number of hydrogen-bond donors (Lipinski definition) is 4. The van der Waals surface area contributed by atoms with Gasteiger partial charge in [0.1, 0.15) is 11.4 Å². The van der Waals surface area contributed by atoms with Gasteiger partial charge in [-0.05, 0) is 49.3 Å². The molecule has 3 atom stereocenters. The topological polar surface area (TPSA) is 139 Å². The van der Waals surface area contributed by atoms with Gasteiger partial charge >= 0.3 is 5.69 Å². The average Bonchev–Trinajstić information content (AvgIpc) is 3.57. The lowest BCUT2D eigenvalue weighted by molar-refractivity contribution is -0.169. The number of amides is 1. The molecule has 0 spiro atoms. The maximum absolute atomic E-state index is 14.0. The van der Waals surface area contributed by atoms with Crippen molar-refractivity contribution in [1.29, 1.82) is 0 Å². The monoisotopic (exact) mass is 474 g/mol. The highest BCUT2D eigenvalue weighted by Crippen LogP contribution is 2.59. The van der Waals surface area contributed by atoms with E-state index in [4.69, 9.17) is 10.5 Å². The highest BCUT2D eigenvalue weighted by atomic mass is 16.6. The van der Waals surface area contributed by atoms with Gasteiger partial charge in [0.15, 0.2) is 0 Å². The highest BCUT2D eigenvalue weighted by molar-refractivity contribution is 6.16. The number of fused-ring (bicyclic) bond motifs is 5. The lowest BCUT2D eigenvalue weighted by atomic mass is 9.81. The molecular formula is C26H26N4O5. The second-order valence-corrected chi connectivity index (χ2v) is 9.88. The number of hydrogen-bond acceptors (Lipinski definition) is 6. The zero-order chi connectivity index (χ0) is 24.9. The molecule has 6 rings (SSSR count). The van der Waals surface area contributed by atoms with Crippen molar-refractivity contribution >= 4 is 17.4 Å². The van der Waals surface area contributed by atoms with E-state index in [9.17, 15) is 19.5 Å². The number of H-pyrrole nitrogens is 1. The number of aliphatic hydroxyl groups is 1. The Morgan fingerprint density at radius 2 is 2.00 bits per heavy atom. The van der Waals surface area contributed by atoms with Crippen molar-refractivity contribution < 1.29 is 19.4 Å². The van der Waals surface area contributed by atoms with Gasteiger partial charge in [-0.1, -0.05) is 31.2 Å². The molecule has 0 radical (unpaired) electrons. The number of nitrogens with two attached hydrogens (primary N) is 1. The van der Waals surface area contributed by atoms with Crippen molar-refractivity contribution in [3.8, 4) is 5.75 Å². The third kappa shape index (κ3) is 2.64. The fraction of sp³-hybridized carbons (Fsp3) is 0.346. The number of benzene rings is 2. The second-order valence-electron chi connectivity index (χ2n) is 9.88. The number of ketones is 1. The van der Waals surface area contributed by atoms with E-state index in [2.05, 4.69) is 17.2 Å². The van der Waals surface area contributed by atoms with E-state index in [0.717, 1.165) is 5.56 Å². The van der Waals surface area contributed by atoms with Crippen molar-refractivity contribution in [2.75, 3.05) is 5.73 Å². The zero-order valence-corrected chi connectivity index (χ0v) is 19.6. The fourth-order valence-corrected chi connectivity index (χ4v) is 5.59. The molecule has 2 heterocycles. The van der Waals surface area contributed by atoms with E-state index in [1.807, 2.05) is 12.1 Å². The minimum Gasteiger partial charge on any atom is -0.454 e. The molecule has 1 fully saturated rings. The van der Waals surface area contributed by atoms with Crippen LogP contribution in [0.1, 0.15) is 68.9 Å². The van der Waals surface area contributed by atoms with Gasteiger partial charge in [0.25, 0.3) is 11.7 Å². The van der Waals surface area contributed by atoms with E-state index in [-0.39, 0.29) is 22.5 Å². The number of anilines is 1. The summed E-state index contributed by atoms with van der Waals surface area (Å²) in [5.74, 6) is -2.26. The molecule has 3 aromatic rings. The van der Waals surface area contributed by atoms with Crippen LogP contribution in [-0.2, 0) is 18.4 Å². The summed E-state index contributed by atoms with van der Waals surface area (Å²) in [5.41, 5.74) is 5.95. The summed E-state index contributed by atoms with van der Waals surface area (Å²) in [6.07, 6.45) is 2.34. The van der Waals surface area contributed by atoms with Crippen LogP contribution in [-0.4, -0.2) is 26.3 Å². The zero-order valence-electron chi connectivity index (χ0n) is 19.6. The first kappa shape index (κ1) is 21.7. The smallest absolute Gasteiger partial charge is 0.326 e. The largest absolute Gasteiger partial charge is 0.454 e. The van der Waals surface area contributed by atoms with Gasteiger partial charge in [0.05, 0.1) is 5.56 Å². The molecular weight excluding hydrogens is 448 g/mol. The molecule has 5 N–H and O–H groups in total. The Morgan fingerprint density at radius 1 is 1.26 bits per heavy atom. The fourth-order valence-electron chi connectivity index (χ4n) is 5.59. The van der Waals surface area contributed by atoms with Crippen LogP contribution in [0.4, 0.5) is 5.69 Å². The van der Waals surface area contributed by atoms with Gasteiger partial charge in [-0.25, -0.2) is 4.79 Å². The summed E-state index contributed by atoms with van der Waals surface area (Å²) in [6.45, 7) is 3.77. The van der Waals surface area contributed by atoms with Crippen molar-refractivity contribution in [3.63, 3.8) is 0 Å². The van der Waals surface area contributed by atoms with Crippen LogP contribution in [0.15, 0.2) is 41.2 Å². The lowest BCUT2D eigenvalue weighted by Gasteiger charge is -2.34. The molecule has 0 saturated heterocycles. The third-order valence-corrected chi connectivity index (χ3v) is 7.99. The Bertz CT molecular complexity index is 1500. The van der Waals surface area contributed by atoms with Crippen LogP contribution in [0.2, 0.25) is 0 Å². The summed E-state index contributed by atoms with van der Waals surface area (Å²) in [6, 6.07) is 10.3. The molecule has 1 aliphatic heterocycles. The predicted molar refractivity (Wildman–Crippen MR) is 127 cm³/mol. The van der Waals surface area contributed by atoms with Crippen LogP contribution in [0.3, 0.4) is 0 Å². The number of imidazole rings is 1. The van der Waals surface area contributed by atoms with Crippen molar-refractivity contribution in [3.05, 3.63) is 80.5 Å². The molecule has 1 aromatic heterocycles. The van der Waals surface area contributed by atoms with E-state index >= 15 is 0 Å². The molecule has 3 aliphatic rings. The number of nitrogens with zero attached hydrogens (tertiary/aromatic N) is 1. The number of rotatable bonds is 4. The number of nitrogens with one attached hydrogen (secondary N) is 2. The van der Waals surface area contributed by atoms with Crippen molar-refractivity contribution in [1.82, 2.24) is 14.9 Å². The Kier molecular flexibility index (Phi) is 4.24. The molecule has 2 aliphatic carbocycles. The maximum atomic E-state index is 14.0. The Hall–Kier alpha value is -3.85. The minimum atomic E-state index is -2.21. The normalized spacial score (nSPS) is 25.0. The predicted octanol–water partition coefficient (Wildman–Crippen LogP) is 2.18. The summed E-state index contributed by atoms with van der Waals surface area (Å²) in [7, 11) is 1.54. The van der Waals surface area contributed by atoms with Crippen LogP contribution in [0.5, 0.6) is 5.75 Å². The molecule has 9 heteroatoms. The Labute approximate surface area is 200 Å². The molecule has 35 heavy (non-hydrogen) atoms. The summed E-state index contributed by atoms with van der Waals surface area (Å²) < 4.78 is 7.45. The average molecular weight is 475 g/mol. The van der Waals surface area contributed by atoms with Crippen molar-refractivity contribution in [2.24, 2.45) is 13.0 Å². The number of nitrogen functional groups attached to an aromatic ring is 1. The van der Waals surface area contributed by atoms with Gasteiger partial charge in [-0.15, -0.1) is 0 Å². The molecule has 9 nitrogen and oxygen atoms in total. The molecule has 1 saturated carbocycles. The molecule has 1 amide bonds. The van der Waals surface area contributed by atoms with Crippen LogP contribution in [0.25, 0.3) is 0 Å². The minimum absolute atomic E-state index is 0.00150. The third-order valence-electron chi connectivity index (χ3n) is 7.99. The standard InChI is InChI=1S/C26H26N4O5/c1-12(14-7-8-14)15-9-10-16-19(11-15)35-26(34)17-5-4-6-18(27)20(17)22(31)25(16,26)29-23(32)21-13(2)30(3)24(33)28-21/h4-6,9-12,14,34H,7-8,27H2,1-3H3,(H,28,33)(H,29,32)/t12?,25-,26-/m0/s1. The highest BCUT2D eigenvalue weighted by Gasteiger charge is 2.72.